The summed E-state index contributed by atoms with van der Waals surface area (Å²) < 4.78 is 0. The van der Waals surface area contributed by atoms with Crippen LogP contribution in [0.25, 0.3) is 0 Å². The molecule has 21 heavy (non-hydrogen) atoms. The Morgan fingerprint density at radius 2 is 1.90 bits per heavy atom. The van der Waals surface area contributed by atoms with Crippen molar-refractivity contribution in [2.45, 2.75) is 6.92 Å². The SMILES string of the molecule is Cc1ccc([N+](=O)[O-])cc1NC(=O)CNc1ccccc1. The highest BCUT2D eigenvalue weighted by molar-refractivity contribution is 5.94. The topological polar surface area (TPSA) is 84.3 Å². The highest BCUT2D eigenvalue weighted by Crippen LogP contribution is 2.21. The predicted molar refractivity (Wildman–Crippen MR) is 81.4 cm³/mol. The Bertz CT molecular complexity index is 656. The Morgan fingerprint density at radius 3 is 2.57 bits per heavy atom. The minimum Gasteiger partial charge on any atom is -0.376 e. The normalized spacial score (nSPS) is 9.95. The van der Waals surface area contributed by atoms with E-state index in [2.05, 4.69) is 10.6 Å². The quantitative estimate of drug-likeness (QED) is 0.653. The van der Waals surface area contributed by atoms with E-state index in [0.29, 0.717) is 5.69 Å². The summed E-state index contributed by atoms with van der Waals surface area (Å²) in [5.74, 6) is -0.262. The van der Waals surface area contributed by atoms with Gasteiger partial charge in [0, 0.05) is 17.8 Å². The molecule has 0 atom stereocenters. The van der Waals surface area contributed by atoms with Crippen LogP contribution >= 0.6 is 0 Å². The maximum absolute atomic E-state index is 11.9. The molecular formula is C15H15N3O3. The number of aryl methyl sites for hydroxylation is 1. The van der Waals surface area contributed by atoms with Crippen LogP contribution in [0.2, 0.25) is 0 Å². The third-order valence-electron chi connectivity index (χ3n) is 2.93. The molecule has 0 heterocycles. The van der Waals surface area contributed by atoms with Crippen LogP contribution < -0.4 is 10.6 Å². The summed E-state index contributed by atoms with van der Waals surface area (Å²) >= 11 is 0. The van der Waals surface area contributed by atoms with Crippen LogP contribution in [0.15, 0.2) is 48.5 Å². The van der Waals surface area contributed by atoms with Gasteiger partial charge in [0.2, 0.25) is 5.91 Å². The van der Waals surface area contributed by atoms with Gasteiger partial charge in [0.25, 0.3) is 5.69 Å². The number of nitro groups is 1. The number of hydrogen-bond donors (Lipinski definition) is 2. The van der Waals surface area contributed by atoms with Crippen molar-refractivity contribution >= 4 is 23.0 Å². The van der Waals surface area contributed by atoms with Crippen molar-refractivity contribution in [1.82, 2.24) is 0 Å². The van der Waals surface area contributed by atoms with Crippen LogP contribution in [0.5, 0.6) is 0 Å². The summed E-state index contributed by atoms with van der Waals surface area (Å²) in [5, 5.41) is 16.4. The smallest absolute Gasteiger partial charge is 0.271 e. The fourth-order valence-corrected chi connectivity index (χ4v) is 1.79. The van der Waals surface area contributed by atoms with Gasteiger partial charge in [-0.15, -0.1) is 0 Å². The molecule has 0 bridgehead atoms. The monoisotopic (exact) mass is 285 g/mol. The van der Waals surface area contributed by atoms with Gasteiger partial charge in [-0.1, -0.05) is 24.3 Å². The summed E-state index contributed by atoms with van der Waals surface area (Å²) in [5.41, 5.74) is 2.01. The van der Waals surface area contributed by atoms with E-state index in [1.807, 2.05) is 30.3 Å². The number of anilines is 2. The molecule has 0 aliphatic heterocycles. The van der Waals surface area contributed by atoms with Gasteiger partial charge in [0.05, 0.1) is 17.2 Å². The van der Waals surface area contributed by atoms with Crippen molar-refractivity contribution in [3.05, 3.63) is 64.2 Å². The van der Waals surface area contributed by atoms with Crippen LogP contribution in [0.3, 0.4) is 0 Å². The number of non-ortho nitro benzene ring substituents is 1. The molecule has 0 radical (unpaired) electrons. The zero-order chi connectivity index (χ0) is 15.2. The average molecular weight is 285 g/mol. The van der Waals surface area contributed by atoms with Crippen molar-refractivity contribution in [3.63, 3.8) is 0 Å². The average Bonchev–Trinajstić information content (AvgIpc) is 2.48. The van der Waals surface area contributed by atoms with Gasteiger partial charge < -0.3 is 10.6 Å². The van der Waals surface area contributed by atoms with Crippen molar-refractivity contribution in [2.75, 3.05) is 17.2 Å². The van der Waals surface area contributed by atoms with Gasteiger partial charge >= 0.3 is 0 Å². The number of carbonyl (C=O) groups is 1. The molecule has 2 aromatic carbocycles. The Labute approximate surface area is 121 Å². The number of nitrogens with one attached hydrogen (secondary N) is 2. The van der Waals surface area contributed by atoms with Crippen molar-refractivity contribution in [1.29, 1.82) is 0 Å². The molecule has 0 saturated carbocycles. The number of nitro benzene ring substituents is 1. The molecule has 108 valence electrons. The Kier molecular flexibility index (Phi) is 4.50. The minimum absolute atomic E-state index is 0.0491. The highest BCUT2D eigenvalue weighted by atomic mass is 16.6. The maximum Gasteiger partial charge on any atom is 0.271 e. The first kappa shape index (κ1) is 14.5. The third kappa shape index (κ3) is 4.04. The number of nitrogens with zero attached hydrogens (tertiary/aromatic N) is 1. The van der Waals surface area contributed by atoms with Gasteiger partial charge in [-0.3, -0.25) is 14.9 Å². The lowest BCUT2D eigenvalue weighted by molar-refractivity contribution is -0.384. The Hall–Kier alpha value is -2.89. The Balaban J connectivity index is 1.99. The molecule has 6 heteroatoms. The fourth-order valence-electron chi connectivity index (χ4n) is 1.79. The molecule has 0 saturated heterocycles. The van der Waals surface area contributed by atoms with E-state index in [4.69, 9.17) is 0 Å². The lowest BCUT2D eigenvalue weighted by atomic mass is 10.2. The highest BCUT2D eigenvalue weighted by Gasteiger charge is 2.10. The second-order valence-corrected chi connectivity index (χ2v) is 4.52. The summed E-state index contributed by atoms with van der Waals surface area (Å²) in [6.45, 7) is 1.87. The molecule has 0 fully saturated rings. The van der Waals surface area contributed by atoms with Crippen LogP contribution in [0.1, 0.15) is 5.56 Å². The van der Waals surface area contributed by atoms with E-state index in [1.54, 1.807) is 13.0 Å². The van der Waals surface area contributed by atoms with E-state index < -0.39 is 4.92 Å². The van der Waals surface area contributed by atoms with Crippen molar-refractivity contribution in [3.8, 4) is 0 Å². The molecule has 2 aromatic rings. The summed E-state index contributed by atoms with van der Waals surface area (Å²) in [6, 6.07) is 13.7. The zero-order valence-electron chi connectivity index (χ0n) is 11.5. The van der Waals surface area contributed by atoms with E-state index in [1.165, 1.54) is 12.1 Å². The van der Waals surface area contributed by atoms with Gasteiger partial charge in [-0.05, 0) is 24.6 Å². The molecule has 0 unspecified atom stereocenters. The second-order valence-electron chi connectivity index (χ2n) is 4.52. The molecule has 0 spiro atoms. The first-order chi connectivity index (χ1) is 10.1. The van der Waals surface area contributed by atoms with Crippen molar-refractivity contribution < 1.29 is 9.72 Å². The van der Waals surface area contributed by atoms with E-state index in [-0.39, 0.29) is 18.1 Å². The molecule has 2 rings (SSSR count). The third-order valence-corrected chi connectivity index (χ3v) is 2.93. The maximum atomic E-state index is 11.9. The van der Waals surface area contributed by atoms with E-state index >= 15 is 0 Å². The molecule has 2 N–H and O–H groups in total. The van der Waals surface area contributed by atoms with Crippen molar-refractivity contribution in [2.24, 2.45) is 0 Å². The first-order valence-electron chi connectivity index (χ1n) is 6.40. The number of hydrogen-bond acceptors (Lipinski definition) is 4. The summed E-state index contributed by atoms with van der Waals surface area (Å²) in [6.07, 6.45) is 0. The van der Waals surface area contributed by atoms with Gasteiger partial charge in [0.15, 0.2) is 0 Å². The number of para-hydroxylation sites is 1. The number of amides is 1. The van der Waals surface area contributed by atoms with Gasteiger partial charge in [-0.25, -0.2) is 0 Å². The summed E-state index contributed by atoms with van der Waals surface area (Å²) in [7, 11) is 0. The lowest BCUT2D eigenvalue weighted by Crippen LogP contribution is -2.22. The lowest BCUT2D eigenvalue weighted by Gasteiger charge is -2.09. The Morgan fingerprint density at radius 1 is 1.19 bits per heavy atom. The second kappa shape index (κ2) is 6.51. The summed E-state index contributed by atoms with van der Waals surface area (Å²) in [4.78, 5) is 22.1. The fraction of sp³-hybridized carbons (Fsp3) is 0.133. The molecule has 6 nitrogen and oxygen atoms in total. The molecule has 0 aliphatic carbocycles. The molecule has 1 amide bonds. The van der Waals surface area contributed by atoms with Crippen LogP contribution in [-0.4, -0.2) is 17.4 Å². The van der Waals surface area contributed by atoms with Gasteiger partial charge in [0.1, 0.15) is 0 Å². The largest absolute Gasteiger partial charge is 0.376 e. The van der Waals surface area contributed by atoms with Crippen LogP contribution in [0.4, 0.5) is 17.1 Å². The van der Waals surface area contributed by atoms with E-state index in [0.717, 1.165) is 11.3 Å². The number of rotatable bonds is 5. The zero-order valence-corrected chi connectivity index (χ0v) is 11.5. The van der Waals surface area contributed by atoms with Crippen LogP contribution in [-0.2, 0) is 4.79 Å². The van der Waals surface area contributed by atoms with E-state index in [9.17, 15) is 14.9 Å². The first-order valence-corrected chi connectivity index (χ1v) is 6.40. The van der Waals surface area contributed by atoms with Crippen LogP contribution in [0, 0.1) is 17.0 Å². The minimum atomic E-state index is -0.489. The van der Waals surface area contributed by atoms with Gasteiger partial charge in [-0.2, -0.15) is 0 Å². The molecule has 0 aliphatic rings. The molecular weight excluding hydrogens is 270 g/mol. The number of carbonyl (C=O) groups excluding carboxylic acids is 1. The molecule has 0 aromatic heterocycles. The predicted octanol–water partition coefficient (Wildman–Crippen LogP) is 2.95. The standard InChI is InChI=1S/C15H15N3O3/c1-11-7-8-13(18(20)21)9-14(11)17-15(19)10-16-12-5-3-2-4-6-12/h2-9,16H,10H2,1H3,(H,17,19). The number of benzene rings is 2.